The van der Waals surface area contributed by atoms with Gasteiger partial charge in [-0.25, -0.2) is 13.2 Å². The minimum atomic E-state index is -4.19. The predicted octanol–water partition coefficient (Wildman–Crippen LogP) is 3.82. The van der Waals surface area contributed by atoms with E-state index < -0.39 is 32.7 Å². The Kier molecular flexibility index (Phi) is 6.85. The third-order valence-corrected chi connectivity index (χ3v) is 8.01. The number of benzene rings is 1. The standard InChI is InChI=1S/C23H25N3O6S2/c1-4-31-22(28)19-16-9-8-14(3)11-17(16)33-21(19)24-18(27)12-34(29,30)23-26-25-20(32-23)15-7-5-6-13(2)10-15/h5-7,10,14H,4,8-9,11-12H2,1-3H3,(H,24,27). The maximum absolute atomic E-state index is 12.8. The lowest BCUT2D eigenvalue weighted by molar-refractivity contribution is -0.113. The number of fused-ring (bicyclic) bond motifs is 1. The van der Waals surface area contributed by atoms with Crippen LogP contribution < -0.4 is 5.32 Å². The van der Waals surface area contributed by atoms with Gasteiger partial charge in [0.1, 0.15) is 10.8 Å². The minimum absolute atomic E-state index is 0.0485. The van der Waals surface area contributed by atoms with Crippen LogP contribution in [0.15, 0.2) is 33.9 Å². The highest BCUT2D eigenvalue weighted by Gasteiger charge is 2.31. The van der Waals surface area contributed by atoms with Crippen LogP contribution in [0.25, 0.3) is 11.5 Å². The predicted molar refractivity (Wildman–Crippen MR) is 127 cm³/mol. The van der Waals surface area contributed by atoms with E-state index in [-0.39, 0.29) is 12.5 Å². The Balaban J connectivity index is 1.54. The molecule has 1 aromatic carbocycles. The Morgan fingerprint density at radius 1 is 1.29 bits per heavy atom. The normalized spacial score (nSPS) is 15.6. The molecule has 2 heterocycles. The van der Waals surface area contributed by atoms with Crippen molar-refractivity contribution in [1.82, 2.24) is 10.2 Å². The number of sulfone groups is 1. The summed E-state index contributed by atoms with van der Waals surface area (Å²) in [6.07, 6.45) is 2.43. The fraction of sp³-hybridized carbons (Fsp3) is 0.391. The first-order chi connectivity index (χ1) is 16.2. The summed E-state index contributed by atoms with van der Waals surface area (Å²) in [7, 11) is -4.19. The topological polar surface area (TPSA) is 128 Å². The first kappa shape index (κ1) is 24.1. The first-order valence-corrected chi connectivity index (χ1v) is 13.4. The quantitative estimate of drug-likeness (QED) is 0.482. The molecule has 0 spiro atoms. The number of amides is 1. The number of rotatable bonds is 7. The van der Waals surface area contributed by atoms with E-state index in [1.54, 1.807) is 25.1 Å². The van der Waals surface area contributed by atoms with Crippen LogP contribution in [0, 0.1) is 12.8 Å². The van der Waals surface area contributed by atoms with Gasteiger partial charge < -0.3 is 14.5 Å². The molecule has 0 bridgehead atoms. The van der Waals surface area contributed by atoms with E-state index in [2.05, 4.69) is 22.4 Å². The molecule has 0 saturated carbocycles. The first-order valence-electron chi connectivity index (χ1n) is 10.9. The van der Waals surface area contributed by atoms with Gasteiger partial charge in [-0.15, -0.1) is 16.4 Å². The van der Waals surface area contributed by atoms with Crippen LogP contribution in [-0.4, -0.2) is 42.9 Å². The van der Waals surface area contributed by atoms with Crippen molar-refractivity contribution in [1.29, 1.82) is 0 Å². The molecule has 1 N–H and O–H groups in total. The molecular formula is C23H25N3O6S2. The fourth-order valence-electron chi connectivity index (χ4n) is 3.89. The number of nitrogens with zero attached hydrogens (tertiary/aromatic N) is 2. The Bertz CT molecular complexity index is 1340. The highest BCUT2D eigenvalue weighted by Crippen LogP contribution is 2.40. The molecule has 9 nitrogen and oxygen atoms in total. The lowest BCUT2D eigenvalue weighted by Crippen LogP contribution is -2.24. The average molecular weight is 504 g/mol. The molecule has 0 saturated heterocycles. The summed E-state index contributed by atoms with van der Waals surface area (Å²) in [5.74, 6) is -1.71. The van der Waals surface area contributed by atoms with Crippen molar-refractivity contribution < 1.29 is 27.2 Å². The maximum atomic E-state index is 12.8. The smallest absolute Gasteiger partial charge is 0.341 e. The molecule has 0 fully saturated rings. The van der Waals surface area contributed by atoms with Crippen molar-refractivity contribution >= 4 is 38.1 Å². The number of nitrogens with one attached hydrogen (secondary N) is 1. The van der Waals surface area contributed by atoms with Gasteiger partial charge in [-0.1, -0.05) is 29.7 Å². The lowest BCUT2D eigenvalue weighted by Gasteiger charge is -2.18. The van der Waals surface area contributed by atoms with Crippen LogP contribution >= 0.6 is 11.3 Å². The number of aryl methyl sites for hydroxylation is 1. The third-order valence-electron chi connectivity index (χ3n) is 5.50. The van der Waals surface area contributed by atoms with Gasteiger partial charge in [-0.2, -0.15) is 0 Å². The molecule has 1 aliphatic carbocycles. The van der Waals surface area contributed by atoms with Crippen molar-refractivity contribution in [2.75, 3.05) is 17.7 Å². The van der Waals surface area contributed by atoms with Gasteiger partial charge in [-0.3, -0.25) is 4.79 Å². The Hall–Kier alpha value is -3.05. The second-order valence-electron chi connectivity index (χ2n) is 8.33. The molecule has 3 aromatic rings. The van der Waals surface area contributed by atoms with E-state index in [1.165, 1.54) is 11.3 Å². The van der Waals surface area contributed by atoms with Gasteiger partial charge in [0.2, 0.25) is 21.6 Å². The molecule has 1 aliphatic rings. The monoisotopic (exact) mass is 503 g/mol. The molecule has 180 valence electrons. The van der Waals surface area contributed by atoms with Gasteiger partial charge >= 0.3 is 11.2 Å². The van der Waals surface area contributed by atoms with Gasteiger partial charge in [0.25, 0.3) is 0 Å². The SMILES string of the molecule is CCOC(=O)c1c(NC(=O)CS(=O)(=O)c2nnc(-c3cccc(C)c3)o2)sc2c1CCC(C)C2. The summed E-state index contributed by atoms with van der Waals surface area (Å²) in [4.78, 5) is 26.3. The van der Waals surface area contributed by atoms with Crippen molar-refractivity contribution in [3.05, 3.63) is 45.8 Å². The van der Waals surface area contributed by atoms with Crippen LogP contribution in [0.5, 0.6) is 0 Å². The molecule has 34 heavy (non-hydrogen) atoms. The number of carbonyl (C=O) groups excluding carboxylic acids is 2. The molecular weight excluding hydrogens is 478 g/mol. The summed E-state index contributed by atoms with van der Waals surface area (Å²) in [5, 5.41) is 9.71. The zero-order chi connectivity index (χ0) is 24.5. The maximum Gasteiger partial charge on any atom is 0.341 e. The molecule has 0 aliphatic heterocycles. The highest BCUT2D eigenvalue weighted by molar-refractivity contribution is 7.91. The van der Waals surface area contributed by atoms with Gasteiger partial charge in [-0.05, 0) is 56.7 Å². The van der Waals surface area contributed by atoms with Crippen molar-refractivity contribution in [3.63, 3.8) is 0 Å². The average Bonchev–Trinajstić information content (AvgIpc) is 3.38. The number of aromatic nitrogens is 2. The van der Waals surface area contributed by atoms with Gasteiger partial charge in [0.05, 0.1) is 12.2 Å². The number of carbonyl (C=O) groups is 2. The molecule has 11 heteroatoms. The van der Waals surface area contributed by atoms with Crippen molar-refractivity contribution in [3.8, 4) is 11.5 Å². The Morgan fingerprint density at radius 3 is 2.82 bits per heavy atom. The van der Waals surface area contributed by atoms with Crippen LogP contribution in [-0.2, 0) is 32.2 Å². The third kappa shape index (κ3) is 5.05. The van der Waals surface area contributed by atoms with E-state index in [0.717, 1.165) is 28.8 Å². The van der Waals surface area contributed by atoms with E-state index in [4.69, 9.17) is 9.15 Å². The van der Waals surface area contributed by atoms with Gasteiger partial charge in [0.15, 0.2) is 0 Å². The van der Waals surface area contributed by atoms with Gasteiger partial charge in [0, 0.05) is 10.4 Å². The summed E-state index contributed by atoms with van der Waals surface area (Å²) in [6.45, 7) is 5.92. The van der Waals surface area contributed by atoms with Crippen molar-refractivity contribution in [2.45, 2.75) is 45.3 Å². The largest absolute Gasteiger partial charge is 0.462 e. The van der Waals surface area contributed by atoms with Crippen LogP contribution in [0.4, 0.5) is 5.00 Å². The number of thiophene rings is 1. The van der Waals surface area contributed by atoms with E-state index >= 15 is 0 Å². The molecule has 1 unspecified atom stereocenters. The van der Waals surface area contributed by atoms with Crippen LogP contribution in [0.3, 0.4) is 0 Å². The Morgan fingerprint density at radius 2 is 2.09 bits per heavy atom. The molecule has 2 aromatic heterocycles. The Labute approximate surface area is 201 Å². The number of anilines is 1. The van der Waals surface area contributed by atoms with E-state index in [9.17, 15) is 18.0 Å². The number of esters is 1. The fourth-order valence-corrected chi connectivity index (χ4v) is 6.21. The van der Waals surface area contributed by atoms with Crippen LogP contribution in [0.1, 0.15) is 46.6 Å². The van der Waals surface area contributed by atoms with E-state index in [1.807, 2.05) is 13.0 Å². The summed E-state index contributed by atoms with van der Waals surface area (Å²) < 4.78 is 36.1. The lowest BCUT2D eigenvalue weighted by atomic mass is 9.88. The second kappa shape index (κ2) is 9.67. The van der Waals surface area contributed by atoms with E-state index in [0.29, 0.717) is 28.5 Å². The summed E-state index contributed by atoms with van der Waals surface area (Å²) in [6, 6.07) is 7.18. The number of hydrogen-bond donors (Lipinski definition) is 1. The number of hydrogen-bond acceptors (Lipinski definition) is 9. The summed E-state index contributed by atoms with van der Waals surface area (Å²) >= 11 is 1.29. The number of ether oxygens (including phenoxy) is 1. The molecule has 1 atom stereocenters. The zero-order valence-corrected chi connectivity index (χ0v) is 20.7. The van der Waals surface area contributed by atoms with Crippen LogP contribution in [0.2, 0.25) is 0 Å². The summed E-state index contributed by atoms with van der Waals surface area (Å²) in [5.41, 5.74) is 2.72. The second-order valence-corrected chi connectivity index (χ2v) is 11.3. The highest BCUT2D eigenvalue weighted by atomic mass is 32.2. The molecule has 1 amide bonds. The minimum Gasteiger partial charge on any atom is -0.462 e. The molecule has 0 radical (unpaired) electrons. The zero-order valence-electron chi connectivity index (χ0n) is 19.1. The van der Waals surface area contributed by atoms with Crippen molar-refractivity contribution in [2.24, 2.45) is 5.92 Å². The molecule has 4 rings (SSSR count).